The minimum atomic E-state index is 0.138. The molecule has 5 heteroatoms. The highest BCUT2D eigenvalue weighted by Crippen LogP contribution is 2.15. The lowest BCUT2D eigenvalue weighted by Crippen LogP contribution is -2.31. The molecule has 0 aliphatic rings. The Bertz CT molecular complexity index is 400. The number of aromatic nitrogens is 2. The average molecular weight is 266 g/mol. The molecule has 1 amide bonds. The molecule has 108 valence electrons. The molecule has 0 bridgehead atoms. The fourth-order valence-corrected chi connectivity index (χ4v) is 2.18. The van der Waals surface area contributed by atoms with E-state index in [4.69, 9.17) is 5.73 Å². The minimum Gasteiger partial charge on any atom is -0.338 e. The first-order chi connectivity index (χ1) is 8.93. The molecule has 1 aromatic heterocycles. The molecule has 0 spiro atoms. The van der Waals surface area contributed by atoms with Crippen molar-refractivity contribution in [3.63, 3.8) is 0 Å². The van der Waals surface area contributed by atoms with Crippen LogP contribution < -0.4 is 5.73 Å². The molecule has 0 saturated carbocycles. The molecule has 19 heavy (non-hydrogen) atoms. The van der Waals surface area contributed by atoms with Crippen LogP contribution in [0.15, 0.2) is 12.4 Å². The first-order valence-electron chi connectivity index (χ1n) is 6.84. The summed E-state index contributed by atoms with van der Waals surface area (Å²) in [5.41, 5.74) is 5.74. The van der Waals surface area contributed by atoms with Gasteiger partial charge >= 0.3 is 0 Å². The van der Waals surface area contributed by atoms with Gasteiger partial charge < -0.3 is 15.2 Å². The summed E-state index contributed by atoms with van der Waals surface area (Å²) in [6, 6.07) is 0. The molecule has 1 atom stereocenters. The molecule has 1 heterocycles. The summed E-state index contributed by atoms with van der Waals surface area (Å²) in [6.45, 7) is 5.43. The van der Waals surface area contributed by atoms with Crippen LogP contribution in [0.1, 0.15) is 32.5 Å². The first-order valence-corrected chi connectivity index (χ1v) is 6.84. The standard InChI is InChI=1S/C14H26N4O/c1-11(2)7-12(9-15)8-14(19)18(4)10-13-16-5-6-17(13)3/h5-6,11-12H,7-10,15H2,1-4H3/t12-/m0/s1. The predicted octanol–water partition coefficient (Wildman–Crippen LogP) is 1.39. The molecule has 1 rings (SSSR count). The molecule has 0 fully saturated rings. The fourth-order valence-electron chi connectivity index (χ4n) is 2.18. The van der Waals surface area contributed by atoms with Gasteiger partial charge in [0.05, 0.1) is 6.54 Å². The van der Waals surface area contributed by atoms with Crippen LogP contribution in [0.5, 0.6) is 0 Å². The van der Waals surface area contributed by atoms with E-state index in [1.54, 1.807) is 11.1 Å². The predicted molar refractivity (Wildman–Crippen MR) is 76.3 cm³/mol. The van der Waals surface area contributed by atoms with Gasteiger partial charge in [0, 0.05) is 32.9 Å². The number of nitrogens with two attached hydrogens (primary N) is 1. The maximum absolute atomic E-state index is 12.2. The third-order valence-corrected chi connectivity index (χ3v) is 3.33. The monoisotopic (exact) mass is 266 g/mol. The SMILES string of the molecule is CC(C)C[C@H](CN)CC(=O)N(C)Cc1nccn1C. The van der Waals surface area contributed by atoms with Crippen molar-refractivity contribution in [3.05, 3.63) is 18.2 Å². The number of aryl methyl sites for hydroxylation is 1. The second-order valence-corrected chi connectivity index (χ2v) is 5.64. The topological polar surface area (TPSA) is 64.2 Å². The molecule has 5 nitrogen and oxygen atoms in total. The number of carbonyl (C=O) groups is 1. The summed E-state index contributed by atoms with van der Waals surface area (Å²) >= 11 is 0. The number of imidazole rings is 1. The van der Waals surface area contributed by atoms with Crippen molar-refractivity contribution in [2.75, 3.05) is 13.6 Å². The molecule has 1 aromatic rings. The van der Waals surface area contributed by atoms with Gasteiger partial charge in [-0.25, -0.2) is 4.98 Å². The Kier molecular flexibility index (Phi) is 6.02. The van der Waals surface area contributed by atoms with E-state index in [9.17, 15) is 4.79 Å². The van der Waals surface area contributed by atoms with Crippen LogP contribution in [0.2, 0.25) is 0 Å². The van der Waals surface area contributed by atoms with Crippen LogP contribution in [0.25, 0.3) is 0 Å². The van der Waals surface area contributed by atoms with Crippen molar-refractivity contribution >= 4 is 5.91 Å². The zero-order chi connectivity index (χ0) is 14.4. The lowest BCUT2D eigenvalue weighted by molar-refractivity contribution is -0.131. The van der Waals surface area contributed by atoms with Gasteiger partial charge in [0.25, 0.3) is 0 Å². The Labute approximate surface area is 115 Å². The Morgan fingerprint density at radius 2 is 2.21 bits per heavy atom. The Hall–Kier alpha value is -1.36. The summed E-state index contributed by atoms with van der Waals surface area (Å²) in [5.74, 6) is 1.88. The normalized spacial score (nSPS) is 12.7. The second-order valence-electron chi connectivity index (χ2n) is 5.64. The van der Waals surface area contributed by atoms with E-state index in [0.717, 1.165) is 12.2 Å². The molecule has 0 aliphatic carbocycles. The Morgan fingerprint density at radius 1 is 1.53 bits per heavy atom. The van der Waals surface area contributed by atoms with Crippen molar-refractivity contribution < 1.29 is 4.79 Å². The summed E-state index contributed by atoms with van der Waals surface area (Å²) in [6.07, 6.45) is 5.15. The number of nitrogens with zero attached hydrogens (tertiary/aromatic N) is 3. The Balaban J connectivity index is 2.50. The smallest absolute Gasteiger partial charge is 0.223 e. The number of rotatable bonds is 7. The lowest BCUT2D eigenvalue weighted by atomic mass is 9.94. The van der Waals surface area contributed by atoms with Gasteiger partial charge in [-0.1, -0.05) is 13.8 Å². The van der Waals surface area contributed by atoms with E-state index in [1.807, 2.05) is 24.9 Å². The van der Waals surface area contributed by atoms with E-state index < -0.39 is 0 Å². The van der Waals surface area contributed by atoms with Crippen molar-refractivity contribution in [1.29, 1.82) is 0 Å². The maximum Gasteiger partial charge on any atom is 0.223 e. The largest absolute Gasteiger partial charge is 0.338 e. The summed E-state index contributed by atoms with van der Waals surface area (Å²) in [7, 11) is 3.75. The van der Waals surface area contributed by atoms with Crippen LogP contribution >= 0.6 is 0 Å². The molecule has 0 radical (unpaired) electrons. The zero-order valence-electron chi connectivity index (χ0n) is 12.5. The summed E-state index contributed by atoms with van der Waals surface area (Å²) < 4.78 is 1.93. The van der Waals surface area contributed by atoms with Gasteiger partial charge in [0.2, 0.25) is 5.91 Å². The minimum absolute atomic E-state index is 0.138. The van der Waals surface area contributed by atoms with Crippen LogP contribution in [-0.4, -0.2) is 34.0 Å². The zero-order valence-corrected chi connectivity index (χ0v) is 12.5. The van der Waals surface area contributed by atoms with Crippen molar-refractivity contribution in [2.24, 2.45) is 24.6 Å². The third kappa shape index (κ3) is 5.03. The third-order valence-electron chi connectivity index (χ3n) is 3.33. The number of amides is 1. The van der Waals surface area contributed by atoms with Gasteiger partial charge in [-0.15, -0.1) is 0 Å². The highest BCUT2D eigenvalue weighted by Gasteiger charge is 2.18. The van der Waals surface area contributed by atoms with Crippen molar-refractivity contribution in [1.82, 2.24) is 14.5 Å². The highest BCUT2D eigenvalue weighted by molar-refractivity contribution is 5.76. The van der Waals surface area contributed by atoms with E-state index >= 15 is 0 Å². The summed E-state index contributed by atoms with van der Waals surface area (Å²) in [5, 5.41) is 0. The molecular weight excluding hydrogens is 240 g/mol. The van der Waals surface area contributed by atoms with Gasteiger partial charge in [0.1, 0.15) is 5.82 Å². The van der Waals surface area contributed by atoms with Crippen LogP contribution in [0.4, 0.5) is 0 Å². The van der Waals surface area contributed by atoms with Crippen molar-refractivity contribution in [3.8, 4) is 0 Å². The maximum atomic E-state index is 12.2. The number of hydrogen-bond donors (Lipinski definition) is 1. The quantitative estimate of drug-likeness (QED) is 0.811. The molecule has 0 aliphatic heterocycles. The van der Waals surface area contributed by atoms with Crippen LogP contribution in [0.3, 0.4) is 0 Å². The van der Waals surface area contributed by atoms with E-state index in [1.165, 1.54) is 0 Å². The van der Waals surface area contributed by atoms with Crippen LogP contribution in [0, 0.1) is 11.8 Å². The molecule has 0 saturated heterocycles. The second kappa shape index (κ2) is 7.28. The molecular formula is C14H26N4O. The van der Waals surface area contributed by atoms with Gasteiger partial charge in [-0.05, 0) is 24.8 Å². The van der Waals surface area contributed by atoms with Gasteiger partial charge in [-0.2, -0.15) is 0 Å². The highest BCUT2D eigenvalue weighted by atomic mass is 16.2. The molecule has 0 aromatic carbocycles. The molecule has 2 N–H and O–H groups in total. The van der Waals surface area contributed by atoms with E-state index in [0.29, 0.717) is 25.4 Å². The van der Waals surface area contributed by atoms with E-state index in [2.05, 4.69) is 18.8 Å². The number of carbonyl (C=O) groups excluding carboxylic acids is 1. The lowest BCUT2D eigenvalue weighted by Gasteiger charge is -2.21. The van der Waals surface area contributed by atoms with Crippen LogP contribution in [-0.2, 0) is 18.4 Å². The van der Waals surface area contributed by atoms with Gasteiger partial charge in [-0.3, -0.25) is 4.79 Å². The summed E-state index contributed by atoms with van der Waals surface area (Å²) in [4.78, 5) is 18.1. The number of hydrogen-bond acceptors (Lipinski definition) is 3. The average Bonchev–Trinajstić information content (AvgIpc) is 2.73. The van der Waals surface area contributed by atoms with E-state index in [-0.39, 0.29) is 11.8 Å². The molecule has 0 unspecified atom stereocenters. The fraction of sp³-hybridized carbons (Fsp3) is 0.714. The van der Waals surface area contributed by atoms with Gasteiger partial charge in [0.15, 0.2) is 0 Å². The van der Waals surface area contributed by atoms with Crippen molar-refractivity contribution in [2.45, 2.75) is 33.2 Å². The Morgan fingerprint density at radius 3 is 2.68 bits per heavy atom. The first kappa shape index (κ1) is 15.7.